The van der Waals surface area contributed by atoms with E-state index in [4.69, 9.17) is 0 Å². The minimum atomic E-state index is 0.630. The molecule has 2 aromatic heterocycles. The lowest BCUT2D eigenvalue weighted by atomic mass is 10.3. The third kappa shape index (κ3) is 2.05. The number of aromatic nitrogens is 3. The number of hydrogen-bond acceptors (Lipinski definition) is 3. The Labute approximate surface area is 94.4 Å². The molecule has 1 fully saturated rings. The second kappa shape index (κ2) is 3.96. The van der Waals surface area contributed by atoms with Gasteiger partial charge in [-0.3, -0.25) is 4.98 Å². The van der Waals surface area contributed by atoms with E-state index in [9.17, 15) is 0 Å². The largest absolute Gasteiger partial charge is 0.353 e. The topological polar surface area (TPSA) is 42.7 Å². The van der Waals surface area contributed by atoms with Crippen molar-refractivity contribution in [3.05, 3.63) is 42.5 Å². The van der Waals surface area contributed by atoms with Crippen LogP contribution in [0.2, 0.25) is 0 Å². The molecule has 0 radical (unpaired) electrons. The lowest BCUT2D eigenvalue weighted by Gasteiger charge is -2.08. The number of rotatable bonds is 4. The van der Waals surface area contributed by atoms with Crippen LogP contribution in [0.4, 0.5) is 5.95 Å². The van der Waals surface area contributed by atoms with Gasteiger partial charge in [-0.05, 0) is 25.0 Å². The first-order valence-corrected chi connectivity index (χ1v) is 5.59. The van der Waals surface area contributed by atoms with Crippen molar-refractivity contribution in [3.63, 3.8) is 0 Å². The molecule has 0 amide bonds. The highest BCUT2D eigenvalue weighted by molar-refractivity contribution is 5.30. The fraction of sp³-hybridized carbons (Fsp3) is 0.333. The fourth-order valence-electron chi connectivity index (χ4n) is 1.65. The van der Waals surface area contributed by atoms with Crippen LogP contribution in [0.25, 0.3) is 0 Å². The van der Waals surface area contributed by atoms with Crippen LogP contribution in [0, 0.1) is 0 Å². The molecular formula is C12H14N4. The molecule has 2 aromatic rings. The molecule has 0 saturated heterocycles. The third-order valence-corrected chi connectivity index (χ3v) is 2.68. The zero-order valence-corrected chi connectivity index (χ0v) is 9.00. The summed E-state index contributed by atoms with van der Waals surface area (Å²) in [7, 11) is 0. The summed E-state index contributed by atoms with van der Waals surface area (Å²) in [6, 6.07) is 6.60. The highest BCUT2D eigenvalue weighted by Gasteiger charge is 2.22. The van der Waals surface area contributed by atoms with Crippen molar-refractivity contribution < 1.29 is 0 Å². The van der Waals surface area contributed by atoms with Gasteiger partial charge >= 0.3 is 0 Å². The Balaban J connectivity index is 1.76. The molecule has 0 unspecified atom stereocenters. The molecule has 82 valence electrons. The molecule has 3 rings (SSSR count). The van der Waals surface area contributed by atoms with Crippen LogP contribution in [-0.4, -0.2) is 20.6 Å². The van der Waals surface area contributed by atoms with E-state index in [1.165, 1.54) is 12.8 Å². The van der Waals surface area contributed by atoms with Gasteiger partial charge in [0.15, 0.2) is 0 Å². The van der Waals surface area contributed by atoms with Crippen molar-refractivity contribution in [3.8, 4) is 0 Å². The van der Waals surface area contributed by atoms with E-state index in [2.05, 4.69) is 19.9 Å². The Morgan fingerprint density at radius 3 is 2.94 bits per heavy atom. The van der Waals surface area contributed by atoms with Gasteiger partial charge in [-0.15, -0.1) is 0 Å². The van der Waals surface area contributed by atoms with Crippen molar-refractivity contribution in [2.24, 2.45) is 0 Å². The average Bonchev–Trinajstić information content (AvgIpc) is 3.02. The number of anilines is 1. The zero-order chi connectivity index (χ0) is 10.8. The van der Waals surface area contributed by atoms with Gasteiger partial charge in [-0.1, -0.05) is 6.07 Å². The van der Waals surface area contributed by atoms with E-state index < -0.39 is 0 Å². The van der Waals surface area contributed by atoms with Crippen LogP contribution < -0.4 is 5.32 Å². The molecule has 0 bridgehead atoms. The van der Waals surface area contributed by atoms with Crippen LogP contribution in [0.1, 0.15) is 18.5 Å². The monoisotopic (exact) mass is 214 g/mol. The predicted octanol–water partition coefficient (Wildman–Crippen LogP) is 1.90. The van der Waals surface area contributed by atoms with Crippen molar-refractivity contribution in [2.45, 2.75) is 25.4 Å². The van der Waals surface area contributed by atoms with Gasteiger partial charge in [0.05, 0.1) is 12.2 Å². The quantitative estimate of drug-likeness (QED) is 0.845. The molecule has 4 heteroatoms. The number of pyridine rings is 1. The van der Waals surface area contributed by atoms with Crippen LogP contribution in [0.3, 0.4) is 0 Å². The summed E-state index contributed by atoms with van der Waals surface area (Å²) in [5.74, 6) is 0.952. The molecule has 1 aliphatic rings. The second-order valence-corrected chi connectivity index (χ2v) is 4.12. The molecule has 4 nitrogen and oxygen atoms in total. The average molecular weight is 214 g/mol. The highest BCUT2D eigenvalue weighted by Crippen LogP contribution is 2.23. The van der Waals surface area contributed by atoms with Gasteiger partial charge in [0.2, 0.25) is 5.95 Å². The van der Waals surface area contributed by atoms with Gasteiger partial charge in [0.25, 0.3) is 0 Å². The Morgan fingerprint density at radius 2 is 2.19 bits per heavy atom. The molecule has 16 heavy (non-hydrogen) atoms. The van der Waals surface area contributed by atoms with Crippen LogP contribution in [-0.2, 0) is 6.54 Å². The van der Waals surface area contributed by atoms with Gasteiger partial charge in [-0.25, -0.2) is 4.98 Å². The maximum absolute atomic E-state index is 4.32. The SMILES string of the molecule is c1ccc(Cn2ccnc2NC2CC2)nc1. The molecule has 1 N–H and O–H groups in total. The van der Waals surface area contributed by atoms with E-state index in [1.807, 2.05) is 36.8 Å². The lowest BCUT2D eigenvalue weighted by molar-refractivity contribution is 0.774. The van der Waals surface area contributed by atoms with Crippen LogP contribution >= 0.6 is 0 Å². The summed E-state index contributed by atoms with van der Waals surface area (Å²) < 4.78 is 2.10. The molecule has 2 heterocycles. The van der Waals surface area contributed by atoms with E-state index in [-0.39, 0.29) is 0 Å². The van der Waals surface area contributed by atoms with Crippen molar-refractivity contribution in [1.29, 1.82) is 0 Å². The van der Waals surface area contributed by atoms with Crippen LogP contribution in [0.15, 0.2) is 36.8 Å². The van der Waals surface area contributed by atoms with Crippen LogP contribution in [0.5, 0.6) is 0 Å². The summed E-state index contributed by atoms with van der Waals surface area (Å²) >= 11 is 0. The number of nitrogens with zero attached hydrogens (tertiary/aromatic N) is 3. The van der Waals surface area contributed by atoms with E-state index in [0.717, 1.165) is 18.2 Å². The van der Waals surface area contributed by atoms with Crippen molar-refractivity contribution >= 4 is 5.95 Å². The summed E-state index contributed by atoms with van der Waals surface area (Å²) in [6.45, 7) is 0.774. The van der Waals surface area contributed by atoms with E-state index >= 15 is 0 Å². The fourth-order valence-corrected chi connectivity index (χ4v) is 1.65. The Bertz CT molecular complexity index is 459. The highest BCUT2D eigenvalue weighted by atomic mass is 15.2. The molecule has 0 aliphatic heterocycles. The smallest absolute Gasteiger partial charge is 0.203 e. The number of imidazole rings is 1. The van der Waals surface area contributed by atoms with Gasteiger partial charge in [0, 0.05) is 24.6 Å². The molecule has 0 spiro atoms. The molecule has 0 atom stereocenters. The minimum absolute atomic E-state index is 0.630. The maximum Gasteiger partial charge on any atom is 0.203 e. The van der Waals surface area contributed by atoms with Gasteiger partial charge < -0.3 is 9.88 Å². The first-order chi connectivity index (χ1) is 7.92. The molecular weight excluding hydrogens is 200 g/mol. The summed E-state index contributed by atoms with van der Waals surface area (Å²) in [4.78, 5) is 8.63. The van der Waals surface area contributed by atoms with Crippen molar-refractivity contribution in [2.75, 3.05) is 5.32 Å². The van der Waals surface area contributed by atoms with Gasteiger partial charge in [0.1, 0.15) is 0 Å². The number of hydrogen-bond donors (Lipinski definition) is 1. The maximum atomic E-state index is 4.32. The molecule has 0 aromatic carbocycles. The Morgan fingerprint density at radius 1 is 1.25 bits per heavy atom. The summed E-state index contributed by atoms with van der Waals surface area (Å²) in [5.41, 5.74) is 1.05. The first-order valence-electron chi connectivity index (χ1n) is 5.59. The predicted molar refractivity (Wildman–Crippen MR) is 62.2 cm³/mol. The first kappa shape index (κ1) is 9.39. The Hall–Kier alpha value is -1.84. The second-order valence-electron chi connectivity index (χ2n) is 4.12. The van der Waals surface area contributed by atoms with Crippen molar-refractivity contribution in [1.82, 2.24) is 14.5 Å². The molecule has 1 aliphatic carbocycles. The zero-order valence-electron chi connectivity index (χ0n) is 9.00. The summed E-state index contributed by atoms with van der Waals surface area (Å²) in [6.07, 6.45) is 8.15. The third-order valence-electron chi connectivity index (χ3n) is 2.68. The normalized spacial score (nSPS) is 15.0. The number of nitrogens with one attached hydrogen (secondary N) is 1. The van der Waals surface area contributed by atoms with E-state index in [0.29, 0.717) is 6.04 Å². The molecule has 1 saturated carbocycles. The van der Waals surface area contributed by atoms with Gasteiger partial charge in [-0.2, -0.15) is 0 Å². The lowest BCUT2D eigenvalue weighted by Crippen LogP contribution is -2.10. The summed E-state index contributed by atoms with van der Waals surface area (Å²) in [5, 5.41) is 3.41. The minimum Gasteiger partial charge on any atom is -0.353 e. The standard InChI is InChI=1S/C12H14N4/c1-2-6-13-11(3-1)9-16-8-7-14-12(16)15-10-4-5-10/h1-3,6-8,10H,4-5,9H2,(H,14,15). The Kier molecular flexibility index (Phi) is 2.33. The van der Waals surface area contributed by atoms with E-state index in [1.54, 1.807) is 0 Å².